The Kier molecular flexibility index (Phi) is 5.17. The zero-order valence-corrected chi connectivity index (χ0v) is 15.8. The van der Waals surface area contributed by atoms with E-state index in [9.17, 15) is 4.79 Å². The average molecular weight is 407 g/mol. The minimum absolute atomic E-state index is 0.0261. The molecule has 0 atom stereocenters. The number of rotatable bonds is 5. The molecule has 0 fully saturated rings. The lowest BCUT2D eigenvalue weighted by atomic mass is 10.1. The molecule has 0 bridgehead atoms. The maximum Gasteiger partial charge on any atom is 0.338 e. The topological polar surface area (TPSA) is 116 Å². The third kappa shape index (κ3) is 4.56. The maximum absolute atomic E-state index is 12.4. The molecule has 144 valence electrons. The lowest BCUT2D eigenvalue weighted by Crippen LogP contribution is -2.11. The van der Waals surface area contributed by atoms with Gasteiger partial charge in [-0.05, 0) is 42.5 Å². The lowest BCUT2D eigenvalue weighted by molar-refractivity contribution is 0.0462. The standard InChI is InChI=1S/C20H15ClN6O2/c21-16-9-7-12-10-13(6-8-15(12)24-16)18(28)29-11-17-25-19(22)27-20(26-17)23-14-4-2-1-3-5-14/h1-10H,11H2,(H3,22,23,25,26,27). The van der Waals surface area contributed by atoms with Crippen LogP contribution in [0.1, 0.15) is 16.2 Å². The van der Waals surface area contributed by atoms with Crippen LogP contribution in [0.15, 0.2) is 60.7 Å². The van der Waals surface area contributed by atoms with Crippen molar-refractivity contribution in [2.45, 2.75) is 6.61 Å². The highest BCUT2D eigenvalue weighted by molar-refractivity contribution is 6.29. The van der Waals surface area contributed by atoms with Crippen LogP contribution in [0.25, 0.3) is 10.9 Å². The first-order valence-electron chi connectivity index (χ1n) is 8.63. The molecule has 29 heavy (non-hydrogen) atoms. The molecule has 4 rings (SSSR count). The number of nitrogens with two attached hydrogens (primary N) is 1. The number of esters is 1. The Morgan fingerprint density at radius 3 is 2.66 bits per heavy atom. The molecular formula is C20H15ClN6O2. The Morgan fingerprint density at radius 1 is 1.00 bits per heavy atom. The number of carbonyl (C=O) groups excluding carboxylic acids is 1. The van der Waals surface area contributed by atoms with Crippen molar-refractivity contribution in [3.8, 4) is 0 Å². The molecule has 9 heteroatoms. The van der Waals surface area contributed by atoms with Gasteiger partial charge in [0.15, 0.2) is 12.4 Å². The summed E-state index contributed by atoms with van der Waals surface area (Å²) >= 11 is 5.88. The maximum atomic E-state index is 12.4. The van der Waals surface area contributed by atoms with Gasteiger partial charge in [-0.2, -0.15) is 15.0 Å². The first kappa shape index (κ1) is 18.6. The molecule has 8 nitrogen and oxygen atoms in total. The number of benzene rings is 2. The van der Waals surface area contributed by atoms with Crippen molar-refractivity contribution in [1.82, 2.24) is 19.9 Å². The van der Waals surface area contributed by atoms with Crippen LogP contribution in [0.5, 0.6) is 0 Å². The second-order valence-electron chi connectivity index (χ2n) is 6.04. The summed E-state index contributed by atoms with van der Waals surface area (Å²) < 4.78 is 5.33. The summed E-state index contributed by atoms with van der Waals surface area (Å²) in [4.78, 5) is 28.9. The Hall–Kier alpha value is -3.78. The van der Waals surface area contributed by atoms with E-state index in [1.165, 1.54) is 0 Å². The van der Waals surface area contributed by atoms with Crippen LogP contribution in [0, 0.1) is 0 Å². The van der Waals surface area contributed by atoms with Gasteiger partial charge in [0.2, 0.25) is 11.9 Å². The van der Waals surface area contributed by atoms with Crippen LogP contribution in [-0.4, -0.2) is 25.9 Å². The molecule has 4 aromatic rings. The van der Waals surface area contributed by atoms with Gasteiger partial charge in [-0.15, -0.1) is 0 Å². The van der Waals surface area contributed by atoms with Crippen molar-refractivity contribution in [3.05, 3.63) is 77.2 Å². The average Bonchev–Trinajstić information content (AvgIpc) is 2.72. The summed E-state index contributed by atoms with van der Waals surface area (Å²) in [6, 6.07) is 17.8. The van der Waals surface area contributed by atoms with Gasteiger partial charge in [0.05, 0.1) is 11.1 Å². The van der Waals surface area contributed by atoms with Crippen LogP contribution in [0.2, 0.25) is 5.15 Å². The van der Waals surface area contributed by atoms with E-state index in [2.05, 4.69) is 25.3 Å². The number of aromatic nitrogens is 4. The highest BCUT2D eigenvalue weighted by Crippen LogP contribution is 2.18. The zero-order valence-electron chi connectivity index (χ0n) is 15.0. The summed E-state index contributed by atoms with van der Waals surface area (Å²) in [5.41, 5.74) is 7.61. The van der Waals surface area contributed by atoms with Gasteiger partial charge in [0.1, 0.15) is 5.15 Å². The number of carbonyl (C=O) groups is 1. The normalized spacial score (nSPS) is 10.7. The number of hydrogen-bond acceptors (Lipinski definition) is 8. The molecular weight excluding hydrogens is 392 g/mol. The minimum Gasteiger partial charge on any atom is -0.454 e. The summed E-state index contributed by atoms with van der Waals surface area (Å²) in [7, 11) is 0. The van der Waals surface area contributed by atoms with Crippen LogP contribution in [0.4, 0.5) is 17.6 Å². The van der Waals surface area contributed by atoms with E-state index in [1.807, 2.05) is 30.3 Å². The van der Waals surface area contributed by atoms with Gasteiger partial charge in [0, 0.05) is 11.1 Å². The predicted octanol–water partition coefficient (Wildman–Crippen LogP) is 3.76. The summed E-state index contributed by atoms with van der Waals surface area (Å²) in [6.45, 7) is -0.147. The molecule has 0 spiro atoms. The first-order chi connectivity index (χ1) is 14.1. The second kappa shape index (κ2) is 8.07. The number of ether oxygens (including phenoxy) is 1. The third-order valence-corrected chi connectivity index (χ3v) is 4.16. The van der Waals surface area contributed by atoms with E-state index < -0.39 is 5.97 Å². The van der Waals surface area contributed by atoms with Crippen LogP contribution >= 0.6 is 11.6 Å². The second-order valence-corrected chi connectivity index (χ2v) is 6.43. The molecule has 0 aliphatic heterocycles. The molecule has 0 unspecified atom stereocenters. The number of halogens is 1. The van der Waals surface area contributed by atoms with Gasteiger partial charge in [-0.3, -0.25) is 0 Å². The van der Waals surface area contributed by atoms with Crippen molar-refractivity contribution in [2.24, 2.45) is 0 Å². The Balaban J connectivity index is 1.47. The minimum atomic E-state index is -0.515. The van der Waals surface area contributed by atoms with Crippen molar-refractivity contribution < 1.29 is 9.53 Å². The van der Waals surface area contributed by atoms with Gasteiger partial charge in [-0.25, -0.2) is 9.78 Å². The van der Waals surface area contributed by atoms with Crippen LogP contribution in [0.3, 0.4) is 0 Å². The molecule has 0 aliphatic rings. The van der Waals surface area contributed by atoms with E-state index in [-0.39, 0.29) is 24.3 Å². The third-order valence-electron chi connectivity index (χ3n) is 3.95. The van der Waals surface area contributed by atoms with E-state index in [0.29, 0.717) is 16.2 Å². The van der Waals surface area contributed by atoms with Gasteiger partial charge in [-0.1, -0.05) is 29.8 Å². The Bertz CT molecular complexity index is 1190. The molecule has 2 heterocycles. The Labute approximate surface area is 170 Å². The molecule has 2 aromatic carbocycles. The zero-order chi connectivity index (χ0) is 20.2. The fourth-order valence-corrected chi connectivity index (χ4v) is 2.80. The van der Waals surface area contributed by atoms with Gasteiger partial charge >= 0.3 is 5.97 Å². The van der Waals surface area contributed by atoms with E-state index in [4.69, 9.17) is 22.1 Å². The smallest absolute Gasteiger partial charge is 0.338 e. The number of nitrogens with zero attached hydrogens (tertiary/aromatic N) is 4. The predicted molar refractivity (Wildman–Crippen MR) is 110 cm³/mol. The lowest BCUT2D eigenvalue weighted by Gasteiger charge is -2.08. The van der Waals surface area contributed by atoms with Crippen LogP contribution in [-0.2, 0) is 11.3 Å². The molecule has 0 saturated heterocycles. The van der Waals surface area contributed by atoms with Crippen molar-refractivity contribution in [1.29, 1.82) is 0 Å². The fourth-order valence-electron chi connectivity index (χ4n) is 2.65. The number of pyridine rings is 1. The SMILES string of the molecule is Nc1nc(COC(=O)c2ccc3nc(Cl)ccc3c2)nc(Nc2ccccc2)n1. The van der Waals surface area contributed by atoms with E-state index >= 15 is 0 Å². The Morgan fingerprint density at radius 2 is 1.83 bits per heavy atom. The fraction of sp³-hybridized carbons (Fsp3) is 0.0500. The molecule has 0 radical (unpaired) electrons. The summed E-state index contributed by atoms with van der Waals surface area (Å²) in [5, 5.41) is 4.20. The molecule has 0 saturated carbocycles. The number of nitrogen functional groups attached to an aromatic ring is 1. The summed E-state index contributed by atoms with van der Waals surface area (Å²) in [6.07, 6.45) is 0. The molecule has 0 aliphatic carbocycles. The van der Waals surface area contributed by atoms with Crippen molar-refractivity contribution in [3.63, 3.8) is 0 Å². The highest BCUT2D eigenvalue weighted by atomic mass is 35.5. The number of hydrogen-bond donors (Lipinski definition) is 2. The quantitative estimate of drug-likeness (QED) is 0.380. The van der Waals surface area contributed by atoms with E-state index in [1.54, 1.807) is 30.3 Å². The largest absolute Gasteiger partial charge is 0.454 e. The summed E-state index contributed by atoms with van der Waals surface area (Å²) in [5.74, 6) is 0.0125. The monoisotopic (exact) mass is 406 g/mol. The first-order valence-corrected chi connectivity index (χ1v) is 9.00. The number of anilines is 3. The molecule has 3 N–H and O–H groups in total. The number of fused-ring (bicyclic) bond motifs is 1. The van der Waals surface area contributed by atoms with Gasteiger partial charge < -0.3 is 15.8 Å². The molecule has 2 aromatic heterocycles. The van der Waals surface area contributed by atoms with Crippen LogP contribution < -0.4 is 11.1 Å². The molecule has 0 amide bonds. The number of para-hydroxylation sites is 1. The van der Waals surface area contributed by atoms with E-state index in [0.717, 1.165) is 11.1 Å². The van der Waals surface area contributed by atoms with Gasteiger partial charge in [0.25, 0.3) is 0 Å². The van der Waals surface area contributed by atoms with Crippen molar-refractivity contribution >= 4 is 46.1 Å². The van der Waals surface area contributed by atoms with Crippen molar-refractivity contribution in [2.75, 3.05) is 11.1 Å². The number of nitrogens with one attached hydrogen (secondary N) is 1. The highest BCUT2D eigenvalue weighted by Gasteiger charge is 2.12.